The van der Waals surface area contributed by atoms with Crippen LogP contribution in [0.3, 0.4) is 0 Å². The summed E-state index contributed by atoms with van der Waals surface area (Å²) in [4.78, 5) is 15.8. The Labute approximate surface area is 117 Å². The topological polar surface area (TPSA) is 67.2 Å². The van der Waals surface area contributed by atoms with E-state index in [1.54, 1.807) is 25.0 Å². The SMILES string of the molecule is CNC1(C(=O)O)CCCC1CCSc1nccn1C. The van der Waals surface area contributed by atoms with Crippen molar-refractivity contribution in [1.29, 1.82) is 0 Å². The molecule has 2 rings (SSSR count). The van der Waals surface area contributed by atoms with E-state index in [-0.39, 0.29) is 5.92 Å². The monoisotopic (exact) mass is 283 g/mol. The summed E-state index contributed by atoms with van der Waals surface area (Å²) in [5, 5.41) is 13.5. The second kappa shape index (κ2) is 5.96. The van der Waals surface area contributed by atoms with Gasteiger partial charge in [0, 0.05) is 25.2 Å². The average molecular weight is 283 g/mol. The van der Waals surface area contributed by atoms with Crippen LogP contribution < -0.4 is 5.32 Å². The first-order valence-electron chi connectivity index (χ1n) is 6.62. The van der Waals surface area contributed by atoms with E-state index in [0.717, 1.165) is 36.6 Å². The molecule has 2 N–H and O–H groups in total. The second-order valence-electron chi connectivity index (χ2n) is 5.07. The van der Waals surface area contributed by atoms with Crippen molar-refractivity contribution in [1.82, 2.24) is 14.9 Å². The zero-order chi connectivity index (χ0) is 13.9. The molecule has 0 amide bonds. The first-order valence-corrected chi connectivity index (χ1v) is 7.61. The van der Waals surface area contributed by atoms with Crippen molar-refractivity contribution in [2.75, 3.05) is 12.8 Å². The lowest BCUT2D eigenvalue weighted by Gasteiger charge is -2.30. The maximum absolute atomic E-state index is 11.5. The van der Waals surface area contributed by atoms with Crippen LogP contribution in [0.2, 0.25) is 0 Å². The number of carbonyl (C=O) groups is 1. The molecule has 6 heteroatoms. The van der Waals surface area contributed by atoms with Gasteiger partial charge in [0.05, 0.1) is 0 Å². The molecule has 0 aromatic carbocycles. The lowest BCUT2D eigenvalue weighted by atomic mass is 9.85. The van der Waals surface area contributed by atoms with Crippen molar-refractivity contribution < 1.29 is 9.90 Å². The smallest absolute Gasteiger partial charge is 0.324 e. The standard InChI is InChI=1S/C13H21N3O2S/c1-14-13(11(17)18)6-3-4-10(13)5-9-19-12-15-7-8-16(12)2/h7-8,10,14H,3-6,9H2,1-2H3,(H,17,18). The van der Waals surface area contributed by atoms with Crippen molar-refractivity contribution in [2.45, 2.75) is 36.4 Å². The molecule has 1 saturated carbocycles. The fraction of sp³-hybridized carbons (Fsp3) is 0.692. The van der Waals surface area contributed by atoms with Gasteiger partial charge in [0.15, 0.2) is 5.16 Å². The Hall–Kier alpha value is -1.01. The van der Waals surface area contributed by atoms with E-state index in [1.807, 2.05) is 17.8 Å². The van der Waals surface area contributed by atoms with Crippen molar-refractivity contribution >= 4 is 17.7 Å². The zero-order valence-electron chi connectivity index (χ0n) is 11.4. The molecule has 1 aromatic rings. The van der Waals surface area contributed by atoms with Gasteiger partial charge in [-0.25, -0.2) is 4.98 Å². The maximum atomic E-state index is 11.5. The van der Waals surface area contributed by atoms with Crippen LogP contribution in [-0.2, 0) is 11.8 Å². The molecule has 1 aromatic heterocycles. The minimum Gasteiger partial charge on any atom is -0.480 e. The minimum atomic E-state index is -0.720. The maximum Gasteiger partial charge on any atom is 0.324 e. The van der Waals surface area contributed by atoms with Crippen LogP contribution in [0, 0.1) is 5.92 Å². The van der Waals surface area contributed by atoms with Crippen LogP contribution in [0.5, 0.6) is 0 Å². The van der Waals surface area contributed by atoms with Crippen molar-refractivity contribution in [3.63, 3.8) is 0 Å². The van der Waals surface area contributed by atoms with E-state index in [0.29, 0.717) is 0 Å². The molecule has 19 heavy (non-hydrogen) atoms. The lowest BCUT2D eigenvalue weighted by Crippen LogP contribution is -2.53. The van der Waals surface area contributed by atoms with Crippen LogP contribution in [0.1, 0.15) is 25.7 Å². The van der Waals surface area contributed by atoms with Crippen LogP contribution in [0.25, 0.3) is 0 Å². The van der Waals surface area contributed by atoms with Gasteiger partial charge in [0.25, 0.3) is 0 Å². The largest absolute Gasteiger partial charge is 0.480 e. The molecule has 0 bridgehead atoms. The van der Waals surface area contributed by atoms with Gasteiger partial charge in [-0.1, -0.05) is 18.2 Å². The third-order valence-electron chi connectivity index (χ3n) is 4.12. The molecule has 0 saturated heterocycles. The van der Waals surface area contributed by atoms with Crippen molar-refractivity contribution in [3.05, 3.63) is 12.4 Å². The number of aliphatic carboxylic acids is 1. The third-order valence-corrected chi connectivity index (χ3v) is 5.21. The summed E-state index contributed by atoms with van der Waals surface area (Å²) in [6.45, 7) is 0. The summed E-state index contributed by atoms with van der Waals surface area (Å²) < 4.78 is 1.99. The van der Waals surface area contributed by atoms with E-state index in [4.69, 9.17) is 0 Å². The zero-order valence-corrected chi connectivity index (χ0v) is 12.2. The Bertz CT molecular complexity index is 449. The van der Waals surface area contributed by atoms with E-state index >= 15 is 0 Å². The molecule has 1 aliphatic rings. The molecular weight excluding hydrogens is 262 g/mol. The average Bonchev–Trinajstić information content (AvgIpc) is 2.97. The van der Waals surface area contributed by atoms with Gasteiger partial charge >= 0.3 is 5.97 Å². The highest BCUT2D eigenvalue weighted by atomic mass is 32.2. The van der Waals surface area contributed by atoms with Gasteiger partial charge in [-0.3, -0.25) is 4.79 Å². The number of nitrogens with zero attached hydrogens (tertiary/aromatic N) is 2. The van der Waals surface area contributed by atoms with E-state index < -0.39 is 11.5 Å². The number of imidazole rings is 1. The number of aromatic nitrogens is 2. The highest BCUT2D eigenvalue weighted by molar-refractivity contribution is 7.99. The summed E-state index contributed by atoms with van der Waals surface area (Å²) >= 11 is 1.69. The van der Waals surface area contributed by atoms with Gasteiger partial charge in [0.1, 0.15) is 5.54 Å². The van der Waals surface area contributed by atoms with Crippen molar-refractivity contribution in [2.24, 2.45) is 13.0 Å². The summed E-state index contributed by atoms with van der Waals surface area (Å²) in [5.74, 6) is 0.411. The Balaban J connectivity index is 1.92. The number of hydrogen-bond donors (Lipinski definition) is 2. The number of aryl methyl sites for hydroxylation is 1. The van der Waals surface area contributed by atoms with Crippen LogP contribution >= 0.6 is 11.8 Å². The van der Waals surface area contributed by atoms with Gasteiger partial charge in [-0.2, -0.15) is 0 Å². The van der Waals surface area contributed by atoms with E-state index in [9.17, 15) is 9.90 Å². The number of carboxylic acid groups (broad SMARTS) is 1. The van der Waals surface area contributed by atoms with Gasteiger partial charge < -0.3 is 15.0 Å². The van der Waals surface area contributed by atoms with E-state index in [1.165, 1.54) is 0 Å². The summed E-state index contributed by atoms with van der Waals surface area (Å²) in [7, 11) is 3.73. The number of thioether (sulfide) groups is 1. The molecule has 1 aliphatic carbocycles. The highest BCUT2D eigenvalue weighted by Crippen LogP contribution is 2.39. The number of hydrogen-bond acceptors (Lipinski definition) is 4. The molecule has 1 heterocycles. The Morgan fingerprint density at radius 3 is 3.11 bits per heavy atom. The molecule has 5 nitrogen and oxygen atoms in total. The first-order chi connectivity index (χ1) is 9.10. The molecule has 106 valence electrons. The number of rotatable bonds is 6. The molecule has 0 aliphatic heterocycles. The summed E-state index contributed by atoms with van der Waals surface area (Å²) in [6.07, 6.45) is 7.33. The summed E-state index contributed by atoms with van der Waals surface area (Å²) in [5.41, 5.74) is -0.720. The Morgan fingerprint density at radius 1 is 1.74 bits per heavy atom. The van der Waals surface area contributed by atoms with Crippen LogP contribution in [0.15, 0.2) is 17.6 Å². The van der Waals surface area contributed by atoms with Crippen LogP contribution in [0.4, 0.5) is 0 Å². The predicted molar refractivity (Wildman–Crippen MR) is 75.3 cm³/mol. The fourth-order valence-corrected chi connectivity index (χ4v) is 3.95. The Morgan fingerprint density at radius 2 is 2.53 bits per heavy atom. The van der Waals surface area contributed by atoms with Gasteiger partial charge in [-0.15, -0.1) is 0 Å². The lowest BCUT2D eigenvalue weighted by molar-refractivity contribution is -0.146. The normalized spacial score (nSPS) is 26.7. The van der Waals surface area contributed by atoms with Gasteiger partial charge in [0.2, 0.25) is 0 Å². The van der Waals surface area contributed by atoms with E-state index in [2.05, 4.69) is 10.3 Å². The minimum absolute atomic E-state index is 0.211. The number of nitrogens with one attached hydrogen (secondary N) is 1. The molecule has 2 unspecified atom stereocenters. The van der Waals surface area contributed by atoms with Crippen molar-refractivity contribution in [3.8, 4) is 0 Å². The second-order valence-corrected chi connectivity index (χ2v) is 6.14. The fourth-order valence-electron chi connectivity index (χ4n) is 2.97. The van der Waals surface area contributed by atoms with Crippen LogP contribution in [-0.4, -0.2) is 39.0 Å². The predicted octanol–water partition coefficient (Wildman–Crippen LogP) is 1.75. The van der Waals surface area contributed by atoms with Gasteiger partial charge in [-0.05, 0) is 32.2 Å². The first kappa shape index (κ1) is 14.4. The molecule has 0 radical (unpaired) electrons. The number of likely N-dealkylation sites (N-methyl/N-ethyl adjacent to an activating group) is 1. The molecule has 1 fully saturated rings. The third kappa shape index (κ3) is 2.79. The number of carboxylic acids is 1. The molecule has 0 spiro atoms. The highest BCUT2D eigenvalue weighted by Gasteiger charge is 2.47. The summed E-state index contributed by atoms with van der Waals surface area (Å²) in [6, 6.07) is 0. The Kier molecular flexibility index (Phi) is 4.52. The molecule has 2 atom stereocenters. The molecular formula is C13H21N3O2S. The quantitative estimate of drug-likeness (QED) is 0.779.